The molecular weight excluding hydrogens is 636 g/mol. The Morgan fingerprint density at radius 2 is 1.24 bits per heavy atom. The van der Waals surface area contributed by atoms with E-state index in [1.807, 2.05) is 12.1 Å². The number of likely N-dealkylation sites (N-methyl/N-ethyl adjacent to an activating group) is 1. The minimum Gasteiger partial charge on any atom is -0.493 e. The summed E-state index contributed by atoms with van der Waals surface area (Å²) in [5, 5.41) is 3.71. The lowest BCUT2D eigenvalue weighted by Crippen LogP contribution is -2.35. The molecular formula is C40H46N2O8. The molecule has 0 spiro atoms. The third-order valence-electron chi connectivity index (χ3n) is 10.5. The molecule has 7 rings (SSSR count). The molecule has 1 N–H and O–H groups in total. The SMILES string of the molecule is COc1cc(CC2NCCc3cc(OC)c(OC)cc32)c(Oc2cc3c(cc2OC)-c2c(OC)c(OC)cc4c2C(C3)N(C)CC4)cc1OC. The normalized spacial score (nSPS) is 17.5. The van der Waals surface area contributed by atoms with E-state index in [0.717, 1.165) is 71.9 Å². The average molecular weight is 683 g/mol. The van der Waals surface area contributed by atoms with E-state index in [-0.39, 0.29) is 12.1 Å². The lowest BCUT2D eigenvalue weighted by Gasteiger charge is -2.40. The summed E-state index contributed by atoms with van der Waals surface area (Å²) < 4.78 is 47.6. The van der Waals surface area contributed by atoms with Gasteiger partial charge in [0.25, 0.3) is 0 Å². The number of benzene rings is 4. The first kappa shape index (κ1) is 33.7. The molecule has 2 atom stereocenters. The molecule has 264 valence electrons. The van der Waals surface area contributed by atoms with E-state index in [0.29, 0.717) is 40.9 Å². The van der Waals surface area contributed by atoms with Crippen molar-refractivity contribution in [2.24, 2.45) is 0 Å². The van der Waals surface area contributed by atoms with Crippen LogP contribution in [0.1, 0.15) is 45.5 Å². The molecule has 1 aliphatic carbocycles. The summed E-state index contributed by atoms with van der Waals surface area (Å²) in [5.74, 6) is 6.00. The monoisotopic (exact) mass is 682 g/mol. The Bertz CT molecular complexity index is 1920. The van der Waals surface area contributed by atoms with Crippen LogP contribution in [0.15, 0.2) is 42.5 Å². The quantitative estimate of drug-likeness (QED) is 0.184. The van der Waals surface area contributed by atoms with Crippen molar-refractivity contribution in [3.63, 3.8) is 0 Å². The van der Waals surface area contributed by atoms with Gasteiger partial charge in [-0.15, -0.1) is 0 Å². The third kappa shape index (κ3) is 5.70. The number of rotatable bonds is 11. The molecule has 0 saturated carbocycles. The zero-order valence-corrected chi connectivity index (χ0v) is 30.2. The average Bonchev–Trinajstić information content (AvgIpc) is 3.15. The third-order valence-corrected chi connectivity index (χ3v) is 10.5. The Labute approximate surface area is 294 Å². The maximum absolute atomic E-state index is 6.87. The van der Waals surface area contributed by atoms with E-state index >= 15 is 0 Å². The zero-order valence-electron chi connectivity index (χ0n) is 30.2. The van der Waals surface area contributed by atoms with Crippen LogP contribution in [-0.2, 0) is 25.7 Å². The summed E-state index contributed by atoms with van der Waals surface area (Å²) in [6.07, 6.45) is 3.30. The van der Waals surface area contributed by atoms with Crippen LogP contribution in [-0.4, -0.2) is 74.8 Å². The van der Waals surface area contributed by atoms with Crippen LogP contribution in [0.25, 0.3) is 11.1 Å². The first-order valence-corrected chi connectivity index (χ1v) is 17.0. The topological polar surface area (TPSA) is 89.1 Å². The molecule has 2 aliphatic heterocycles. The molecule has 0 amide bonds. The summed E-state index contributed by atoms with van der Waals surface area (Å²) in [6, 6.07) is 14.6. The van der Waals surface area contributed by atoms with Crippen molar-refractivity contribution in [1.82, 2.24) is 10.2 Å². The molecule has 50 heavy (non-hydrogen) atoms. The second kappa shape index (κ2) is 13.8. The van der Waals surface area contributed by atoms with E-state index in [1.165, 1.54) is 22.3 Å². The van der Waals surface area contributed by atoms with Crippen molar-refractivity contribution in [1.29, 1.82) is 0 Å². The summed E-state index contributed by atoms with van der Waals surface area (Å²) in [6.45, 7) is 1.80. The predicted octanol–water partition coefficient (Wildman–Crippen LogP) is 6.72. The highest BCUT2D eigenvalue weighted by molar-refractivity contribution is 5.85. The first-order chi connectivity index (χ1) is 24.3. The predicted molar refractivity (Wildman–Crippen MR) is 192 cm³/mol. The van der Waals surface area contributed by atoms with E-state index in [9.17, 15) is 0 Å². The molecule has 0 saturated heterocycles. The Balaban J connectivity index is 1.32. The Morgan fingerprint density at radius 3 is 1.94 bits per heavy atom. The van der Waals surface area contributed by atoms with Crippen molar-refractivity contribution >= 4 is 0 Å². The molecule has 3 aliphatic rings. The maximum atomic E-state index is 6.87. The number of nitrogens with zero attached hydrogens (tertiary/aromatic N) is 1. The van der Waals surface area contributed by atoms with Gasteiger partial charge >= 0.3 is 0 Å². The molecule has 10 nitrogen and oxygen atoms in total. The lowest BCUT2D eigenvalue weighted by atomic mass is 9.76. The maximum Gasteiger partial charge on any atom is 0.169 e. The van der Waals surface area contributed by atoms with Crippen molar-refractivity contribution in [3.05, 3.63) is 75.8 Å². The van der Waals surface area contributed by atoms with Crippen molar-refractivity contribution in [2.45, 2.75) is 37.8 Å². The molecule has 2 unspecified atom stereocenters. The highest BCUT2D eigenvalue weighted by atomic mass is 16.5. The molecule has 0 bridgehead atoms. The fourth-order valence-corrected chi connectivity index (χ4v) is 7.95. The number of nitrogens with one attached hydrogen (secondary N) is 1. The van der Waals surface area contributed by atoms with Gasteiger partial charge in [-0.3, -0.25) is 4.90 Å². The fraction of sp³-hybridized carbons (Fsp3) is 0.400. The van der Waals surface area contributed by atoms with E-state index in [2.05, 4.69) is 47.6 Å². The van der Waals surface area contributed by atoms with Crippen LogP contribution in [0.4, 0.5) is 0 Å². The summed E-state index contributed by atoms with van der Waals surface area (Å²) in [5.41, 5.74) is 9.23. The first-order valence-electron chi connectivity index (χ1n) is 17.0. The fourth-order valence-electron chi connectivity index (χ4n) is 7.95. The molecule has 4 aromatic carbocycles. The molecule has 10 heteroatoms. The van der Waals surface area contributed by atoms with Crippen molar-refractivity contribution in [3.8, 4) is 62.9 Å². The number of hydrogen-bond donors (Lipinski definition) is 1. The van der Waals surface area contributed by atoms with Gasteiger partial charge in [0.2, 0.25) is 0 Å². The van der Waals surface area contributed by atoms with Crippen molar-refractivity contribution in [2.75, 3.05) is 69.9 Å². The lowest BCUT2D eigenvalue weighted by molar-refractivity contribution is 0.226. The van der Waals surface area contributed by atoms with E-state index in [4.69, 9.17) is 37.9 Å². The van der Waals surface area contributed by atoms with Crippen LogP contribution in [0.5, 0.6) is 51.7 Å². The zero-order chi connectivity index (χ0) is 35.1. The van der Waals surface area contributed by atoms with Crippen LogP contribution in [0, 0.1) is 0 Å². The van der Waals surface area contributed by atoms with Gasteiger partial charge in [0, 0.05) is 35.8 Å². The van der Waals surface area contributed by atoms with Crippen molar-refractivity contribution < 1.29 is 37.9 Å². The molecule has 2 heterocycles. The van der Waals surface area contributed by atoms with Gasteiger partial charge in [0.05, 0.1) is 49.8 Å². The summed E-state index contributed by atoms with van der Waals surface area (Å²) in [7, 11) is 13.9. The van der Waals surface area contributed by atoms with Gasteiger partial charge in [-0.05, 0) is 109 Å². The summed E-state index contributed by atoms with van der Waals surface area (Å²) in [4.78, 5) is 2.43. The van der Waals surface area contributed by atoms with E-state index < -0.39 is 0 Å². The van der Waals surface area contributed by atoms with Crippen LogP contribution < -0.4 is 43.2 Å². The van der Waals surface area contributed by atoms with Gasteiger partial charge in [-0.25, -0.2) is 0 Å². The molecule has 0 radical (unpaired) electrons. The Hall–Kier alpha value is -4.80. The van der Waals surface area contributed by atoms with Gasteiger partial charge < -0.3 is 43.2 Å². The minimum atomic E-state index is -0.000540. The number of ether oxygens (including phenoxy) is 8. The van der Waals surface area contributed by atoms with Gasteiger partial charge in [0.1, 0.15) is 5.75 Å². The number of hydrogen-bond acceptors (Lipinski definition) is 10. The molecule has 4 aromatic rings. The van der Waals surface area contributed by atoms with Crippen LogP contribution in [0.3, 0.4) is 0 Å². The summed E-state index contributed by atoms with van der Waals surface area (Å²) >= 11 is 0. The molecule has 0 aromatic heterocycles. The van der Waals surface area contributed by atoms with E-state index in [1.54, 1.807) is 49.8 Å². The minimum absolute atomic E-state index is 0.000540. The van der Waals surface area contributed by atoms with Crippen LogP contribution in [0.2, 0.25) is 0 Å². The highest BCUT2D eigenvalue weighted by Gasteiger charge is 2.37. The Kier molecular flexibility index (Phi) is 9.32. The number of fused-ring (bicyclic) bond motifs is 3. The van der Waals surface area contributed by atoms with Gasteiger partial charge in [-0.2, -0.15) is 0 Å². The van der Waals surface area contributed by atoms with Crippen LogP contribution >= 0.6 is 0 Å². The Morgan fingerprint density at radius 1 is 0.620 bits per heavy atom. The largest absolute Gasteiger partial charge is 0.493 e. The number of methoxy groups -OCH3 is 7. The molecule has 0 fully saturated rings. The second-order valence-corrected chi connectivity index (χ2v) is 13.0. The standard InChI is InChI=1S/C40H46N2O8/c1-42-12-10-23-16-37(48-7)40(49-8)39-27-20-34(46-5)36(17-24(27)14-29(42)38(23)39)50-30-21-35(47-6)32(44-3)18-25(30)13-28-26-19-33(45-4)31(43-2)15-22(26)9-11-41-28/h15-21,28-29,41H,9-14H2,1-8H3. The highest BCUT2D eigenvalue weighted by Crippen LogP contribution is 2.54. The smallest absolute Gasteiger partial charge is 0.169 e. The van der Waals surface area contributed by atoms with Gasteiger partial charge in [-0.1, -0.05) is 0 Å². The second-order valence-electron chi connectivity index (χ2n) is 13.0. The van der Waals surface area contributed by atoms with Gasteiger partial charge in [0.15, 0.2) is 46.0 Å².